The standard InChI is InChI=1S/C19H19F3N2/c20-19(21,22)15-6-2-1-4-12(15)13-5-3-7-17-18(13)14-8-10-23-11-9-16(14)24-17/h1-7,14,16,23-24H,8-11H2/t14-,16+/m1/s1. The third kappa shape index (κ3) is 2.57. The van der Waals surface area contributed by atoms with Crippen LogP contribution in [0.1, 0.15) is 29.9 Å². The van der Waals surface area contributed by atoms with E-state index in [9.17, 15) is 13.2 Å². The first kappa shape index (κ1) is 15.5. The summed E-state index contributed by atoms with van der Waals surface area (Å²) in [5.74, 6) is 0.257. The van der Waals surface area contributed by atoms with E-state index in [0.717, 1.165) is 37.2 Å². The average molecular weight is 332 g/mol. The van der Waals surface area contributed by atoms with Crippen LogP contribution in [0.3, 0.4) is 0 Å². The van der Waals surface area contributed by atoms with Gasteiger partial charge in [-0.25, -0.2) is 0 Å². The Morgan fingerprint density at radius 3 is 2.46 bits per heavy atom. The lowest BCUT2D eigenvalue weighted by molar-refractivity contribution is -0.137. The molecule has 0 saturated carbocycles. The molecule has 0 spiro atoms. The lowest BCUT2D eigenvalue weighted by atomic mass is 9.85. The van der Waals surface area contributed by atoms with E-state index in [-0.39, 0.29) is 11.5 Å². The average Bonchev–Trinajstić information content (AvgIpc) is 2.76. The Balaban J connectivity index is 1.87. The number of fused-ring (bicyclic) bond motifs is 3. The number of hydrogen-bond donors (Lipinski definition) is 2. The van der Waals surface area contributed by atoms with Crippen LogP contribution >= 0.6 is 0 Å². The van der Waals surface area contributed by atoms with Crippen LogP contribution in [0.15, 0.2) is 42.5 Å². The molecule has 2 atom stereocenters. The second-order valence-electron chi connectivity index (χ2n) is 6.49. The van der Waals surface area contributed by atoms with E-state index in [2.05, 4.69) is 10.6 Å². The highest BCUT2D eigenvalue weighted by atomic mass is 19.4. The summed E-state index contributed by atoms with van der Waals surface area (Å²) in [6.07, 6.45) is -2.43. The van der Waals surface area contributed by atoms with Crippen LogP contribution in [0.25, 0.3) is 11.1 Å². The van der Waals surface area contributed by atoms with Gasteiger partial charge in [-0.15, -0.1) is 0 Å². The quantitative estimate of drug-likeness (QED) is 0.795. The van der Waals surface area contributed by atoms with E-state index < -0.39 is 11.7 Å². The molecule has 1 saturated heterocycles. The van der Waals surface area contributed by atoms with Crippen molar-refractivity contribution in [2.75, 3.05) is 18.4 Å². The van der Waals surface area contributed by atoms with Crippen molar-refractivity contribution < 1.29 is 13.2 Å². The maximum atomic E-state index is 13.5. The molecule has 1 fully saturated rings. The van der Waals surface area contributed by atoms with E-state index in [1.54, 1.807) is 12.1 Å². The van der Waals surface area contributed by atoms with Crippen LogP contribution in [0.2, 0.25) is 0 Å². The molecule has 0 amide bonds. The minimum atomic E-state index is -4.35. The van der Waals surface area contributed by atoms with Crippen molar-refractivity contribution in [2.24, 2.45) is 0 Å². The van der Waals surface area contributed by atoms with Crippen LogP contribution < -0.4 is 10.6 Å². The summed E-state index contributed by atoms with van der Waals surface area (Å²) in [4.78, 5) is 0. The minimum absolute atomic E-state index is 0.257. The second-order valence-corrected chi connectivity index (χ2v) is 6.49. The van der Waals surface area contributed by atoms with E-state index in [1.165, 1.54) is 12.1 Å². The smallest absolute Gasteiger partial charge is 0.381 e. The monoisotopic (exact) mass is 332 g/mol. The zero-order valence-corrected chi connectivity index (χ0v) is 13.2. The summed E-state index contributed by atoms with van der Waals surface area (Å²) < 4.78 is 40.4. The Labute approximate surface area is 139 Å². The van der Waals surface area contributed by atoms with E-state index in [4.69, 9.17) is 0 Å². The molecule has 2 N–H and O–H groups in total. The molecule has 0 radical (unpaired) electrons. The maximum Gasteiger partial charge on any atom is 0.417 e. The topological polar surface area (TPSA) is 24.1 Å². The van der Waals surface area contributed by atoms with Crippen LogP contribution in [0.5, 0.6) is 0 Å². The van der Waals surface area contributed by atoms with Crippen LogP contribution in [0.4, 0.5) is 18.9 Å². The number of halogens is 3. The van der Waals surface area contributed by atoms with E-state index in [1.807, 2.05) is 18.2 Å². The highest BCUT2D eigenvalue weighted by Crippen LogP contribution is 2.47. The molecule has 2 heterocycles. The first-order chi connectivity index (χ1) is 11.6. The molecule has 5 heteroatoms. The number of hydrogen-bond acceptors (Lipinski definition) is 2. The molecule has 4 rings (SSSR count). The number of rotatable bonds is 1. The van der Waals surface area contributed by atoms with Crippen molar-refractivity contribution in [3.8, 4) is 11.1 Å². The van der Waals surface area contributed by atoms with Gasteiger partial charge in [0, 0.05) is 17.6 Å². The van der Waals surface area contributed by atoms with Gasteiger partial charge in [0.05, 0.1) is 5.56 Å². The van der Waals surface area contributed by atoms with Crippen molar-refractivity contribution in [3.63, 3.8) is 0 Å². The molecule has 2 aromatic rings. The molecule has 0 unspecified atom stereocenters. The van der Waals surface area contributed by atoms with Crippen molar-refractivity contribution in [1.29, 1.82) is 0 Å². The number of benzene rings is 2. The molecule has 0 aliphatic carbocycles. The highest BCUT2D eigenvalue weighted by molar-refractivity contribution is 5.79. The second kappa shape index (κ2) is 5.81. The Morgan fingerprint density at radius 2 is 1.62 bits per heavy atom. The predicted molar refractivity (Wildman–Crippen MR) is 89.1 cm³/mol. The molecule has 2 nitrogen and oxygen atoms in total. The van der Waals surface area contributed by atoms with E-state index in [0.29, 0.717) is 11.6 Å². The van der Waals surface area contributed by atoms with E-state index >= 15 is 0 Å². The fourth-order valence-electron chi connectivity index (χ4n) is 4.05. The Bertz CT molecular complexity index is 755. The maximum absolute atomic E-state index is 13.5. The zero-order valence-electron chi connectivity index (χ0n) is 13.2. The third-order valence-corrected chi connectivity index (χ3v) is 5.09. The van der Waals surface area contributed by atoms with Crippen LogP contribution in [0, 0.1) is 0 Å². The van der Waals surface area contributed by atoms with Gasteiger partial charge in [0.15, 0.2) is 0 Å². The molecular formula is C19H19F3N2. The van der Waals surface area contributed by atoms with Gasteiger partial charge in [-0.05, 0) is 54.8 Å². The summed E-state index contributed by atoms with van der Waals surface area (Å²) in [5, 5.41) is 6.91. The minimum Gasteiger partial charge on any atom is -0.381 e. The third-order valence-electron chi connectivity index (χ3n) is 5.09. The molecule has 2 aliphatic heterocycles. The molecule has 0 bridgehead atoms. The van der Waals surface area contributed by atoms with Crippen LogP contribution in [-0.4, -0.2) is 19.1 Å². The highest BCUT2D eigenvalue weighted by Gasteiger charge is 2.38. The first-order valence-corrected chi connectivity index (χ1v) is 8.32. The molecule has 24 heavy (non-hydrogen) atoms. The molecule has 2 aliphatic rings. The fraction of sp³-hybridized carbons (Fsp3) is 0.368. The van der Waals surface area contributed by atoms with Gasteiger partial charge in [-0.1, -0.05) is 30.3 Å². The largest absolute Gasteiger partial charge is 0.417 e. The van der Waals surface area contributed by atoms with Gasteiger partial charge in [0.1, 0.15) is 0 Å². The zero-order chi connectivity index (χ0) is 16.7. The first-order valence-electron chi connectivity index (χ1n) is 8.32. The van der Waals surface area contributed by atoms with Crippen LogP contribution in [-0.2, 0) is 6.18 Å². The molecule has 2 aromatic carbocycles. The molecule has 126 valence electrons. The summed E-state index contributed by atoms with van der Waals surface area (Å²) in [7, 11) is 0. The van der Waals surface area contributed by atoms with Gasteiger partial charge in [0.25, 0.3) is 0 Å². The summed E-state index contributed by atoms with van der Waals surface area (Å²) in [6.45, 7) is 1.84. The normalized spacial score (nSPS) is 23.1. The van der Waals surface area contributed by atoms with Gasteiger partial charge >= 0.3 is 6.18 Å². The molecular weight excluding hydrogens is 313 g/mol. The van der Waals surface area contributed by atoms with Gasteiger partial charge in [0.2, 0.25) is 0 Å². The fourth-order valence-corrected chi connectivity index (χ4v) is 4.05. The molecule has 0 aromatic heterocycles. The Morgan fingerprint density at radius 1 is 0.875 bits per heavy atom. The van der Waals surface area contributed by atoms with Crippen molar-refractivity contribution in [3.05, 3.63) is 53.6 Å². The summed E-state index contributed by atoms with van der Waals surface area (Å²) in [5.41, 5.74) is 2.46. The van der Waals surface area contributed by atoms with Gasteiger partial charge in [-0.3, -0.25) is 0 Å². The number of anilines is 1. The number of alkyl halides is 3. The van der Waals surface area contributed by atoms with Crippen molar-refractivity contribution in [2.45, 2.75) is 31.0 Å². The summed E-state index contributed by atoms with van der Waals surface area (Å²) in [6, 6.07) is 11.8. The number of nitrogens with one attached hydrogen (secondary N) is 2. The summed E-state index contributed by atoms with van der Waals surface area (Å²) >= 11 is 0. The van der Waals surface area contributed by atoms with Crippen molar-refractivity contribution >= 4 is 5.69 Å². The lowest BCUT2D eigenvalue weighted by Crippen LogP contribution is -2.21. The van der Waals surface area contributed by atoms with Gasteiger partial charge < -0.3 is 10.6 Å². The van der Waals surface area contributed by atoms with Gasteiger partial charge in [-0.2, -0.15) is 13.2 Å². The Kier molecular flexibility index (Phi) is 3.76. The Hall–Kier alpha value is -2.01. The SMILES string of the molecule is FC(F)(F)c1ccccc1-c1cccc2c1[C@@H]1CCNCC[C@@H]1N2. The van der Waals surface area contributed by atoms with Crippen molar-refractivity contribution in [1.82, 2.24) is 5.32 Å². The lowest BCUT2D eigenvalue weighted by Gasteiger charge is -2.20. The predicted octanol–water partition coefficient (Wildman–Crippen LogP) is 4.63.